The van der Waals surface area contributed by atoms with E-state index in [1.54, 1.807) is 17.0 Å². The monoisotopic (exact) mass is 384 g/mol. The Morgan fingerprint density at radius 1 is 1.21 bits per heavy atom. The zero-order valence-corrected chi connectivity index (χ0v) is 15.7. The number of nitrogens with zero attached hydrogens (tertiary/aromatic N) is 1. The quantitative estimate of drug-likeness (QED) is 0.759. The molecule has 1 heterocycles. The van der Waals surface area contributed by atoms with Crippen molar-refractivity contribution in [2.24, 2.45) is 0 Å². The number of rotatable bonds is 7. The molecule has 0 saturated carbocycles. The van der Waals surface area contributed by atoms with Crippen molar-refractivity contribution in [3.8, 4) is 0 Å². The fraction of sp³-hybridized carbons (Fsp3) is 0.333. The van der Waals surface area contributed by atoms with Gasteiger partial charge in [-0.15, -0.1) is 0 Å². The molecule has 0 bridgehead atoms. The number of morpholine rings is 1. The summed E-state index contributed by atoms with van der Waals surface area (Å²) in [7, 11) is 1.46. The minimum absolute atomic E-state index is 0.0172. The van der Waals surface area contributed by atoms with Crippen molar-refractivity contribution < 1.29 is 24.2 Å². The maximum atomic E-state index is 12.4. The van der Waals surface area contributed by atoms with Crippen LogP contribution in [0, 0.1) is 0 Å². The lowest BCUT2D eigenvalue weighted by atomic mass is 9.98. The predicted octanol–water partition coefficient (Wildman–Crippen LogP) is 1.73. The van der Waals surface area contributed by atoms with Gasteiger partial charge in [0, 0.05) is 19.3 Å². The van der Waals surface area contributed by atoms with Crippen LogP contribution >= 0.6 is 0 Å². The molecule has 2 aromatic rings. The Hall–Kier alpha value is -2.74. The molecule has 1 saturated heterocycles. The third-order valence-electron chi connectivity index (χ3n) is 4.64. The van der Waals surface area contributed by atoms with Crippen LogP contribution in [0.5, 0.6) is 0 Å². The van der Waals surface area contributed by atoms with Crippen LogP contribution in [0.3, 0.4) is 0 Å². The summed E-state index contributed by atoms with van der Waals surface area (Å²) < 4.78 is 10.5. The summed E-state index contributed by atoms with van der Waals surface area (Å²) in [5.74, 6) is -0.389. The van der Waals surface area contributed by atoms with E-state index in [2.05, 4.69) is 5.32 Å². The summed E-state index contributed by atoms with van der Waals surface area (Å²) in [4.78, 5) is 25.7. The summed E-state index contributed by atoms with van der Waals surface area (Å²) in [6.45, 7) is 0.141. The molecule has 0 radical (unpaired) electrons. The van der Waals surface area contributed by atoms with Gasteiger partial charge in [0.25, 0.3) is 0 Å². The van der Waals surface area contributed by atoms with E-state index in [-0.39, 0.29) is 31.6 Å². The Balaban J connectivity index is 1.75. The van der Waals surface area contributed by atoms with Gasteiger partial charge in [-0.05, 0) is 23.3 Å². The van der Waals surface area contributed by atoms with Crippen LogP contribution in [0.15, 0.2) is 54.6 Å². The second kappa shape index (κ2) is 9.45. The second-order valence-electron chi connectivity index (χ2n) is 6.59. The van der Waals surface area contributed by atoms with E-state index in [9.17, 15) is 14.7 Å². The lowest BCUT2D eigenvalue weighted by Gasteiger charge is -2.40. The molecule has 2 N–H and O–H groups in total. The molecule has 1 aliphatic heterocycles. The van der Waals surface area contributed by atoms with Crippen molar-refractivity contribution in [1.29, 1.82) is 0 Å². The Kier molecular flexibility index (Phi) is 6.76. The van der Waals surface area contributed by atoms with Crippen molar-refractivity contribution in [3.63, 3.8) is 0 Å². The van der Waals surface area contributed by atoms with Crippen LogP contribution in [-0.2, 0) is 25.6 Å². The van der Waals surface area contributed by atoms with Gasteiger partial charge in [0.1, 0.15) is 19.3 Å². The molecule has 0 aliphatic carbocycles. The fourth-order valence-electron chi connectivity index (χ4n) is 3.29. The standard InChI is InChI=1S/C21H24N2O5/c1-27-13-19(25)22-17-9-7-16(8-10-17)21-18(12-24)23(20(26)14-28-21)11-15-5-3-2-4-6-15/h2-10,18,21,24H,11-14H2,1H3,(H,22,25). The maximum absolute atomic E-state index is 12.4. The van der Waals surface area contributed by atoms with E-state index in [1.165, 1.54) is 7.11 Å². The number of nitrogens with one attached hydrogen (secondary N) is 1. The van der Waals surface area contributed by atoms with Crippen molar-refractivity contribution in [2.45, 2.75) is 18.7 Å². The van der Waals surface area contributed by atoms with Crippen LogP contribution < -0.4 is 5.32 Å². The van der Waals surface area contributed by atoms with Gasteiger partial charge < -0.3 is 24.8 Å². The first-order valence-electron chi connectivity index (χ1n) is 9.07. The molecule has 7 nitrogen and oxygen atoms in total. The predicted molar refractivity (Wildman–Crippen MR) is 104 cm³/mol. The average molecular weight is 384 g/mol. The van der Waals surface area contributed by atoms with E-state index in [4.69, 9.17) is 9.47 Å². The van der Waals surface area contributed by atoms with Gasteiger partial charge in [0.2, 0.25) is 11.8 Å². The molecule has 2 aromatic carbocycles. The number of ether oxygens (including phenoxy) is 2. The highest BCUT2D eigenvalue weighted by atomic mass is 16.5. The summed E-state index contributed by atoms with van der Waals surface area (Å²) in [6.07, 6.45) is -0.449. The summed E-state index contributed by atoms with van der Waals surface area (Å²) in [6, 6.07) is 16.3. The fourth-order valence-corrected chi connectivity index (χ4v) is 3.29. The number of methoxy groups -OCH3 is 1. The molecular formula is C21H24N2O5. The minimum atomic E-state index is -0.490. The molecule has 0 spiro atoms. The van der Waals surface area contributed by atoms with Crippen LogP contribution in [0.1, 0.15) is 17.2 Å². The number of anilines is 1. The lowest BCUT2D eigenvalue weighted by molar-refractivity contribution is -0.162. The third-order valence-corrected chi connectivity index (χ3v) is 4.64. The molecule has 2 amide bonds. The highest BCUT2D eigenvalue weighted by molar-refractivity contribution is 5.91. The van der Waals surface area contributed by atoms with E-state index in [0.29, 0.717) is 12.2 Å². The number of amides is 2. The number of carbonyl (C=O) groups is 2. The van der Waals surface area contributed by atoms with Crippen molar-refractivity contribution >= 4 is 17.5 Å². The average Bonchev–Trinajstić information content (AvgIpc) is 2.71. The number of aliphatic hydroxyl groups excluding tert-OH is 1. The number of aliphatic hydroxyl groups is 1. The summed E-state index contributed by atoms with van der Waals surface area (Å²) >= 11 is 0. The Labute approximate surface area is 163 Å². The molecule has 148 valence electrons. The number of benzene rings is 2. The van der Waals surface area contributed by atoms with E-state index in [1.807, 2.05) is 42.5 Å². The van der Waals surface area contributed by atoms with Gasteiger partial charge in [-0.3, -0.25) is 9.59 Å². The number of hydrogen-bond donors (Lipinski definition) is 2. The van der Waals surface area contributed by atoms with Crippen LogP contribution in [0.2, 0.25) is 0 Å². The molecule has 1 aliphatic rings. The Morgan fingerprint density at radius 3 is 2.57 bits per heavy atom. The van der Waals surface area contributed by atoms with Gasteiger partial charge in [0.05, 0.1) is 12.6 Å². The second-order valence-corrected chi connectivity index (χ2v) is 6.59. The SMILES string of the molecule is COCC(=O)Nc1ccc(C2OCC(=O)N(Cc3ccccc3)C2CO)cc1. The van der Waals surface area contributed by atoms with Gasteiger partial charge in [-0.25, -0.2) is 0 Å². The number of carbonyl (C=O) groups excluding carboxylic acids is 2. The van der Waals surface area contributed by atoms with E-state index < -0.39 is 12.1 Å². The largest absolute Gasteiger partial charge is 0.394 e. The molecule has 2 unspecified atom stereocenters. The molecule has 0 aromatic heterocycles. The number of hydrogen-bond acceptors (Lipinski definition) is 5. The van der Waals surface area contributed by atoms with Crippen molar-refractivity contribution in [3.05, 3.63) is 65.7 Å². The van der Waals surface area contributed by atoms with E-state index >= 15 is 0 Å². The molecule has 7 heteroatoms. The molecule has 3 rings (SSSR count). The van der Waals surface area contributed by atoms with Gasteiger partial charge in [-0.2, -0.15) is 0 Å². The summed E-state index contributed by atoms with van der Waals surface area (Å²) in [5, 5.41) is 12.7. The first-order chi connectivity index (χ1) is 13.6. The van der Waals surface area contributed by atoms with Crippen LogP contribution in [-0.4, -0.2) is 54.8 Å². The first kappa shape index (κ1) is 20.0. The molecule has 2 atom stereocenters. The zero-order valence-electron chi connectivity index (χ0n) is 15.7. The lowest BCUT2D eigenvalue weighted by Crippen LogP contribution is -2.52. The van der Waals surface area contributed by atoms with Crippen molar-refractivity contribution in [1.82, 2.24) is 4.90 Å². The highest BCUT2D eigenvalue weighted by Crippen LogP contribution is 2.30. The minimum Gasteiger partial charge on any atom is -0.394 e. The summed E-state index contributed by atoms with van der Waals surface area (Å²) in [5.41, 5.74) is 2.46. The highest BCUT2D eigenvalue weighted by Gasteiger charge is 2.37. The third kappa shape index (κ3) is 4.75. The van der Waals surface area contributed by atoms with Crippen molar-refractivity contribution in [2.75, 3.05) is 32.2 Å². The van der Waals surface area contributed by atoms with E-state index in [0.717, 1.165) is 11.1 Å². The van der Waals surface area contributed by atoms with Crippen LogP contribution in [0.4, 0.5) is 5.69 Å². The van der Waals surface area contributed by atoms with Gasteiger partial charge >= 0.3 is 0 Å². The molecule has 28 heavy (non-hydrogen) atoms. The smallest absolute Gasteiger partial charge is 0.250 e. The van der Waals surface area contributed by atoms with Crippen LogP contribution in [0.25, 0.3) is 0 Å². The van der Waals surface area contributed by atoms with Gasteiger partial charge in [0.15, 0.2) is 0 Å². The maximum Gasteiger partial charge on any atom is 0.250 e. The normalized spacial score (nSPS) is 19.5. The zero-order chi connectivity index (χ0) is 19.9. The van der Waals surface area contributed by atoms with Gasteiger partial charge in [-0.1, -0.05) is 42.5 Å². The Morgan fingerprint density at radius 2 is 1.93 bits per heavy atom. The topological polar surface area (TPSA) is 88.1 Å². The Bertz CT molecular complexity index is 794. The molecular weight excluding hydrogens is 360 g/mol. The molecule has 1 fully saturated rings. The first-order valence-corrected chi connectivity index (χ1v) is 9.07.